The zero-order valence-corrected chi connectivity index (χ0v) is 32.6. The Balaban J connectivity index is 1.01. The van der Waals surface area contributed by atoms with E-state index in [1.165, 1.54) is 15.9 Å². The topological polar surface area (TPSA) is 213 Å². The number of rotatable bonds is 7. The molecule has 6 aliphatic rings. The minimum atomic E-state index is -3.94. The van der Waals surface area contributed by atoms with Gasteiger partial charge in [-0.1, -0.05) is 55.3 Å². The van der Waals surface area contributed by atoms with Gasteiger partial charge in [0.15, 0.2) is 0 Å². The summed E-state index contributed by atoms with van der Waals surface area (Å²) in [6.45, 7) is 0.247. The molecule has 1 saturated heterocycles. The molecular weight excluding hydrogens is 774 g/mol. The Hall–Kier alpha value is -5.01. The maximum absolute atomic E-state index is 14.5. The molecule has 16 nitrogen and oxygen atoms in total. The molecule has 0 spiro atoms. The lowest BCUT2D eigenvalue weighted by molar-refractivity contribution is -0.141. The number of carbonyl (C=O) groups excluding carboxylic acids is 5. The smallest absolute Gasteiger partial charge is 0.444 e. The van der Waals surface area contributed by atoms with E-state index in [-0.39, 0.29) is 52.0 Å². The summed E-state index contributed by atoms with van der Waals surface area (Å²) in [6.07, 6.45) is 5.71. The number of urea groups is 1. The maximum Gasteiger partial charge on any atom is 0.491 e. The average Bonchev–Trinajstić information content (AvgIpc) is 4.03. The zero-order valence-electron chi connectivity index (χ0n) is 31.8. The fraction of sp³-hybridized carbons (Fsp3) is 0.513. The standard InChI is InChI=1S/C39H46BFN6O10S/c41-31-9-6-7-24-19-46(21-29(24)31)38(52)57-27-16-33-34(48)44-39(36(50)45-58(54,55)28-13-14-28)17-26(39)8-4-2-1-3-5-10-32(35(49)47(33)20-27)43-37(51)42-18-23-11-12-25-22-56-40(53)30(25)15-23/h4,6-9,11-12,15,26-28,32-33,53H,1-3,5,10,13-14,16-22H2,(H,44,48)(H,45,50)(H2,42,43,51)/b8-4-/t26-,27-,32+,33?,39-/m1/s1. The summed E-state index contributed by atoms with van der Waals surface area (Å²) in [5.74, 6) is -3.13. The van der Waals surface area contributed by atoms with Crippen LogP contribution in [-0.2, 0) is 60.0 Å². The van der Waals surface area contributed by atoms with Crippen LogP contribution in [0.3, 0.4) is 0 Å². The summed E-state index contributed by atoms with van der Waals surface area (Å²) in [4.78, 5) is 71.9. The third kappa shape index (κ3) is 8.29. The second-order valence-corrected chi connectivity index (χ2v) is 18.0. The van der Waals surface area contributed by atoms with Gasteiger partial charge in [-0.15, -0.1) is 0 Å². The molecule has 1 unspecified atom stereocenters. The summed E-state index contributed by atoms with van der Waals surface area (Å²) in [7, 11) is -5.00. The van der Waals surface area contributed by atoms with Crippen molar-refractivity contribution >= 4 is 52.5 Å². The highest BCUT2D eigenvalue weighted by Crippen LogP contribution is 2.46. The van der Waals surface area contributed by atoms with Gasteiger partial charge in [0.25, 0.3) is 5.91 Å². The maximum atomic E-state index is 14.5. The fourth-order valence-electron chi connectivity index (χ4n) is 8.34. The van der Waals surface area contributed by atoms with Crippen LogP contribution in [0.25, 0.3) is 0 Å². The largest absolute Gasteiger partial charge is 0.491 e. The van der Waals surface area contributed by atoms with E-state index in [1.807, 2.05) is 18.2 Å². The van der Waals surface area contributed by atoms with Crippen molar-refractivity contribution in [3.63, 3.8) is 0 Å². The van der Waals surface area contributed by atoms with E-state index in [9.17, 15) is 41.8 Å². The highest BCUT2D eigenvalue weighted by Gasteiger charge is 2.62. The van der Waals surface area contributed by atoms with Crippen LogP contribution in [-0.4, -0.2) is 95.7 Å². The van der Waals surface area contributed by atoms with E-state index in [2.05, 4.69) is 20.7 Å². The summed E-state index contributed by atoms with van der Waals surface area (Å²) in [5.41, 5.74) is 1.59. The van der Waals surface area contributed by atoms with Gasteiger partial charge in [0.2, 0.25) is 21.8 Å². The van der Waals surface area contributed by atoms with Crippen LogP contribution in [0.15, 0.2) is 48.6 Å². The highest BCUT2D eigenvalue weighted by molar-refractivity contribution is 7.91. The lowest BCUT2D eigenvalue weighted by atomic mass is 9.79. The minimum Gasteiger partial charge on any atom is -0.444 e. The number of amides is 6. The normalized spacial score (nSPS) is 27.5. The Morgan fingerprint density at radius 3 is 2.69 bits per heavy atom. The lowest BCUT2D eigenvalue weighted by Gasteiger charge is -2.30. The Morgan fingerprint density at radius 2 is 1.90 bits per heavy atom. The van der Waals surface area contributed by atoms with Crippen LogP contribution in [0.2, 0.25) is 0 Å². The molecule has 0 bridgehead atoms. The molecular formula is C39H46BFN6O10S. The molecule has 8 rings (SSSR count). The second kappa shape index (κ2) is 16.0. The molecule has 58 heavy (non-hydrogen) atoms. The first-order valence-electron chi connectivity index (χ1n) is 19.8. The van der Waals surface area contributed by atoms with Crippen molar-refractivity contribution in [2.45, 2.75) is 113 Å². The summed E-state index contributed by atoms with van der Waals surface area (Å²) in [5, 5.41) is 17.8. The van der Waals surface area contributed by atoms with Gasteiger partial charge < -0.3 is 35.3 Å². The molecule has 4 heterocycles. The molecule has 5 N–H and O–H groups in total. The monoisotopic (exact) mass is 820 g/mol. The highest BCUT2D eigenvalue weighted by atomic mass is 32.2. The van der Waals surface area contributed by atoms with Gasteiger partial charge in [-0.2, -0.15) is 0 Å². The third-order valence-corrected chi connectivity index (χ3v) is 13.7. The Morgan fingerprint density at radius 1 is 1.07 bits per heavy atom. The van der Waals surface area contributed by atoms with Crippen molar-refractivity contribution in [3.05, 3.63) is 76.6 Å². The summed E-state index contributed by atoms with van der Waals surface area (Å²) in [6, 6.07) is 6.95. The predicted molar refractivity (Wildman–Crippen MR) is 205 cm³/mol. The summed E-state index contributed by atoms with van der Waals surface area (Å²) < 4.78 is 53.4. The van der Waals surface area contributed by atoms with E-state index >= 15 is 0 Å². The molecule has 3 fully saturated rings. The van der Waals surface area contributed by atoms with Gasteiger partial charge in [-0.3, -0.25) is 24.0 Å². The van der Waals surface area contributed by atoms with Crippen molar-refractivity contribution in [2.75, 3.05) is 6.54 Å². The van der Waals surface area contributed by atoms with Gasteiger partial charge in [-0.25, -0.2) is 22.4 Å². The first kappa shape index (κ1) is 39.8. The van der Waals surface area contributed by atoms with Gasteiger partial charge in [-0.05, 0) is 66.7 Å². The van der Waals surface area contributed by atoms with Crippen LogP contribution < -0.4 is 26.1 Å². The Kier molecular flexibility index (Phi) is 11.0. The molecule has 2 saturated carbocycles. The second-order valence-electron chi connectivity index (χ2n) is 16.1. The number of carbonyl (C=O) groups is 5. The minimum absolute atomic E-state index is 0.0165. The van der Waals surface area contributed by atoms with Crippen molar-refractivity contribution in [1.82, 2.24) is 30.5 Å². The number of nitrogens with one attached hydrogen (secondary N) is 4. The lowest BCUT2D eigenvalue weighted by Crippen LogP contribution is -2.58. The Labute approximate surface area is 335 Å². The molecule has 19 heteroatoms. The zero-order chi connectivity index (χ0) is 40.8. The number of ether oxygens (including phenoxy) is 1. The number of allylic oxidation sites excluding steroid dienone is 1. The molecule has 2 aromatic rings. The summed E-state index contributed by atoms with van der Waals surface area (Å²) >= 11 is 0. The van der Waals surface area contributed by atoms with Crippen molar-refractivity contribution in [2.24, 2.45) is 5.92 Å². The van der Waals surface area contributed by atoms with Crippen molar-refractivity contribution < 1.29 is 51.2 Å². The predicted octanol–water partition coefficient (Wildman–Crippen LogP) is 1.34. The molecule has 308 valence electrons. The molecule has 6 amide bonds. The van der Waals surface area contributed by atoms with Gasteiger partial charge in [0, 0.05) is 31.0 Å². The molecule has 4 aliphatic heterocycles. The first-order valence-corrected chi connectivity index (χ1v) is 21.4. The fourth-order valence-corrected chi connectivity index (χ4v) is 9.70. The number of halogens is 1. The Bertz CT molecular complexity index is 2160. The average molecular weight is 821 g/mol. The van der Waals surface area contributed by atoms with Gasteiger partial charge in [0.1, 0.15) is 29.5 Å². The quantitative estimate of drug-likeness (QED) is 0.200. The van der Waals surface area contributed by atoms with E-state index < -0.39 is 87.7 Å². The number of sulfonamides is 1. The van der Waals surface area contributed by atoms with Crippen molar-refractivity contribution in [1.29, 1.82) is 0 Å². The van der Waals surface area contributed by atoms with Crippen molar-refractivity contribution in [3.8, 4) is 0 Å². The number of fused-ring (bicyclic) bond motifs is 4. The van der Waals surface area contributed by atoms with Gasteiger partial charge >= 0.3 is 19.2 Å². The number of nitrogens with zero attached hydrogens (tertiary/aromatic N) is 2. The third-order valence-electron chi connectivity index (χ3n) is 11.9. The molecule has 2 aromatic carbocycles. The van der Waals surface area contributed by atoms with E-state index in [4.69, 9.17) is 9.39 Å². The first-order chi connectivity index (χ1) is 27.8. The number of hydrogen-bond donors (Lipinski definition) is 5. The van der Waals surface area contributed by atoms with E-state index in [0.717, 1.165) is 12.0 Å². The van der Waals surface area contributed by atoms with E-state index in [1.54, 1.807) is 24.3 Å². The van der Waals surface area contributed by atoms with Crippen LogP contribution >= 0.6 is 0 Å². The van der Waals surface area contributed by atoms with E-state index in [0.29, 0.717) is 54.3 Å². The molecule has 2 aliphatic carbocycles. The molecule has 0 radical (unpaired) electrons. The van der Waals surface area contributed by atoms with Crippen LogP contribution in [0.5, 0.6) is 0 Å². The molecule has 0 aromatic heterocycles. The van der Waals surface area contributed by atoms with Crippen LogP contribution in [0.1, 0.15) is 80.0 Å². The van der Waals surface area contributed by atoms with Crippen LogP contribution in [0, 0.1) is 11.7 Å². The SMILES string of the molecule is O=C(NCc1ccc2c(c1)B(O)OC2)N[C@H]1CCCCC/C=C\[C@@H]2C[C@@]2(C(=O)NS(=O)(=O)C2CC2)NC(=O)C2C[C@@H](OC(=O)N3Cc4cccc(F)c4C3)CN2C1=O. The van der Waals surface area contributed by atoms with Gasteiger partial charge in [0.05, 0.1) is 24.9 Å². The molecule has 5 atom stereocenters. The van der Waals surface area contributed by atoms with Crippen LogP contribution in [0.4, 0.5) is 14.0 Å². The number of benzene rings is 2. The number of hydrogen-bond acceptors (Lipinski definition) is 10.